The van der Waals surface area contributed by atoms with Gasteiger partial charge in [-0.25, -0.2) is 0 Å². The lowest BCUT2D eigenvalue weighted by molar-refractivity contribution is -0.141. The summed E-state index contributed by atoms with van der Waals surface area (Å²) in [5.41, 5.74) is 16.8. The van der Waals surface area contributed by atoms with Gasteiger partial charge in [0.2, 0.25) is 41.4 Å². The predicted molar refractivity (Wildman–Crippen MR) is 312 cm³/mol. The number of aliphatic carboxylic acids is 1. The minimum Gasteiger partial charge on any atom is -0.481 e. The molecule has 14 N–H and O–H groups in total. The molecular formula is C55H95N11O21. The van der Waals surface area contributed by atoms with E-state index >= 15 is 0 Å². The van der Waals surface area contributed by atoms with E-state index in [2.05, 4.69) is 42.2 Å². The molecule has 1 aliphatic rings. The molecule has 0 bridgehead atoms. The van der Waals surface area contributed by atoms with Crippen LogP contribution in [0.25, 0.3) is 0 Å². The van der Waals surface area contributed by atoms with Gasteiger partial charge in [-0.05, 0) is 37.7 Å². The van der Waals surface area contributed by atoms with E-state index in [1.165, 1.54) is 0 Å². The number of ether oxygens (including phenoxy) is 12. The first kappa shape index (κ1) is 76.8. The van der Waals surface area contributed by atoms with Crippen LogP contribution in [0.2, 0.25) is 0 Å². The van der Waals surface area contributed by atoms with Crippen LogP contribution >= 0.6 is 0 Å². The second-order valence-corrected chi connectivity index (χ2v) is 19.0. The molecule has 1 aromatic carbocycles. The lowest BCUT2D eigenvalue weighted by Crippen LogP contribution is -2.58. The third kappa shape index (κ3) is 43.9. The number of carboxylic acid groups (broad SMARTS) is 1. The third-order valence-corrected chi connectivity index (χ3v) is 11.8. The molecule has 7 amide bonds. The Hall–Kier alpha value is -6.27. The Morgan fingerprint density at radius 3 is 1.29 bits per heavy atom. The molecule has 4 atom stereocenters. The van der Waals surface area contributed by atoms with Crippen LogP contribution in [0.3, 0.4) is 0 Å². The SMILES string of the molecule is NCCNC(=O)COCCOCCOCCOCCOCCOCCOCCOCCOCCOCCOCCOCC(=O)NCCCC[C@@H]1NC(=O)[C@H](CCCN=C(N)N)NC(=O)CNC(=O)[C@H](CC(=O)O)NC(=O)[C@@H](Cc2ccccc2)NC1=O. The van der Waals surface area contributed by atoms with Gasteiger partial charge in [0.1, 0.15) is 37.4 Å². The van der Waals surface area contributed by atoms with Crippen molar-refractivity contribution in [1.29, 1.82) is 0 Å². The molecule has 2 rings (SSSR count). The number of nitrogens with one attached hydrogen (secondary N) is 7. The Balaban J connectivity index is 1.52. The average molecular weight is 1250 g/mol. The number of carboxylic acids is 1. The van der Waals surface area contributed by atoms with Gasteiger partial charge >= 0.3 is 5.97 Å². The van der Waals surface area contributed by atoms with Crippen molar-refractivity contribution in [2.24, 2.45) is 22.2 Å². The minimum absolute atomic E-state index is 0.0224. The van der Waals surface area contributed by atoms with E-state index in [-0.39, 0.29) is 83.0 Å². The monoisotopic (exact) mass is 1250 g/mol. The number of unbranched alkanes of at least 4 members (excludes halogenated alkanes) is 1. The average Bonchev–Trinajstić information content (AvgIpc) is 3.79. The number of aliphatic imine (C=N–C) groups is 1. The van der Waals surface area contributed by atoms with Crippen molar-refractivity contribution >= 4 is 53.3 Å². The number of amides is 7. The molecule has 0 aromatic heterocycles. The van der Waals surface area contributed by atoms with Gasteiger partial charge in [-0.3, -0.25) is 43.3 Å². The van der Waals surface area contributed by atoms with Crippen LogP contribution in [0.4, 0.5) is 0 Å². The summed E-state index contributed by atoms with van der Waals surface area (Å²) in [5, 5.41) is 27.5. The van der Waals surface area contributed by atoms with Crippen LogP contribution < -0.4 is 54.4 Å². The quantitative estimate of drug-likeness (QED) is 0.0166. The predicted octanol–water partition coefficient (Wildman–Crippen LogP) is -4.61. The van der Waals surface area contributed by atoms with Gasteiger partial charge in [-0.15, -0.1) is 0 Å². The summed E-state index contributed by atoms with van der Waals surface area (Å²) in [6.45, 7) is 8.70. The lowest BCUT2D eigenvalue weighted by atomic mass is 10.0. The molecule has 0 saturated carbocycles. The van der Waals surface area contributed by atoms with Gasteiger partial charge in [-0.1, -0.05) is 30.3 Å². The van der Waals surface area contributed by atoms with Crippen molar-refractivity contribution in [3.8, 4) is 0 Å². The number of benzene rings is 1. The van der Waals surface area contributed by atoms with E-state index in [0.717, 1.165) is 0 Å². The Morgan fingerprint density at radius 2 is 0.862 bits per heavy atom. The maximum Gasteiger partial charge on any atom is 0.305 e. The summed E-state index contributed by atoms with van der Waals surface area (Å²) >= 11 is 0. The van der Waals surface area contributed by atoms with E-state index in [1.807, 2.05) is 0 Å². The number of hydrogen-bond donors (Lipinski definition) is 11. The number of carbonyl (C=O) groups excluding carboxylic acids is 7. The van der Waals surface area contributed by atoms with Crippen LogP contribution in [0, 0.1) is 0 Å². The van der Waals surface area contributed by atoms with Crippen molar-refractivity contribution in [1.82, 2.24) is 37.2 Å². The maximum atomic E-state index is 14.0. The summed E-state index contributed by atoms with van der Waals surface area (Å²) in [4.78, 5) is 107. The van der Waals surface area contributed by atoms with Gasteiger partial charge in [-0.2, -0.15) is 0 Å². The van der Waals surface area contributed by atoms with E-state index in [0.29, 0.717) is 164 Å². The normalized spacial score (nSPS) is 16.8. The number of rotatable bonds is 52. The molecule has 1 aromatic rings. The van der Waals surface area contributed by atoms with Gasteiger partial charge in [0.25, 0.3) is 0 Å². The standard InChI is InChI=1S/C55H95N11O21/c56-11-14-60-49(69)41-87-36-34-85-32-30-83-28-26-81-24-22-79-20-18-77-16-15-76-17-19-78-21-23-80-25-27-82-29-31-84-33-35-86-40-48(68)59-12-5-4-9-44-53(74)65-45(37-42-7-2-1-3-8-42)54(75)66-46(38-50(70)71)51(72)62-39-47(67)63-43(52(73)64-44)10-6-13-61-55(57)58/h1-3,7-8,43-46H,4-6,9-41,56H2,(H,59,68)(H,60,69)(H,62,72)(H,63,67)(H,64,73)(H,65,74)(H,66,75)(H,70,71)(H4,57,58,61)/t43-,44-,45+,46-/m0/s1. The first-order valence-electron chi connectivity index (χ1n) is 29.2. The van der Waals surface area contributed by atoms with Gasteiger partial charge in [0.05, 0.1) is 158 Å². The smallest absolute Gasteiger partial charge is 0.305 e. The highest BCUT2D eigenvalue weighted by Crippen LogP contribution is 2.10. The summed E-state index contributed by atoms with van der Waals surface area (Å²) < 4.78 is 65.4. The van der Waals surface area contributed by atoms with E-state index in [1.54, 1.807) is 30.3 Å². The molecule has 1 aliphatic heterocycles. The molecule has 32 nitrogen and oxygen atoms in total. The van der Waals surface area contributed by atoms with Crippen molar-refractivity contribution in [2.75, 3.05) is 191 Å². The fourth-order valence-corrected chi connectivity index (χ4v) is 7.50. The molecule has 0 radical (unpaired) electrons. The summed E-state index contributed by atoms with van der Waals surface area (Å²) in [5.74, 6) is -6.34. The molecule has 0 spiro atoms. The summed E-state index contributed by atoms with van der Waals surface area (Å²) in [6.07, 6.45) is 0.0782. The molecule has 1 heterocycles. The Kier molecular flexibility index (Phi) is 46.6. The molecule has 32 heteroatoms. The summed E-state index contributed by atoms with van der Waals surface area (Å²) in [7, 11) is 0. The first-order chi connectivity index (χ1) is 42.3. The minimum atomic E-state index is -1.62. The van der Waals surface area contributed by atoms with Crippen molar-refractivity contribution in [3.63, 3.8) is 0 Å². The number of nitrogens with zero attached hydrogens (tertiary/aromatic N) is 1. The van der Waals surface area contributed by atoms with Crippen LogP contribution in [-0.2, 0) is 102 Å². The highest BCUT2D eigenvalue weighted by molar-refractivity contribution is 5.98. The third-order valence-electron chi connectivity index (χ3n) is 11.8. The van der Waals surface area contributed by atoms with Crippen molar-refractivity contribution in [2.45, 2.75) is 69.1 Å². The Morgan fingerprint density at radius 1 is 0.483 bits per heavy atom. The highest BCUT2D eigenvalue weighted by atomic mass is 16.6. The van der Waals surface area contributed by atoms with Crippen LogP contribution in [0.15, 0.2) is 35.3 Å². The molecule has 496 valence electrons. The fourth-order valence-electron chi connectivity index (χ4n) is 7.50. The molecule has 1 fully saturated rings. The fraction of sp³-hybridized carbons (Fsp3) is 0.727. The first-order valence-corrected chi connectivity index (χ1v) is 29.2. The molecule has 0 aliphatic carbocycles. The van der Waals surface area contributed by atoms with Gasteiger partial charge < -0.3 is 116 Å². The van der Waals surface area contributed by atoms with Crippen LogP contribution in [0.5, 0.6) is 0 Å². The molecule has 87 heavy (non-hydrogen) atoms. The van der Waals surface area contributed by atoms with Crippen molar-refractivity contribution in [3.05, 3.63) is 35.9 Å². The number of guanidine groups is 1. The molecular weight excluding hydrogens is 1150 g/mol. The van der Waals surface area contributed by atoms with Crippen LogP contribution in [-0.4, -0.2) is 274 Å². The largest absolute Gasteiger partial charge is 0.481 e. The zero-order valence-corrected chi connectivity index (χ0v) is 49.9. The Labute approximate surface area is 508 Å². The summed E-state index contributed by atoms with van der Waals surface area (Å²) in [6, 6.07) is 3.22. The Bertz CT molecular complexity index is 2070. The van der Waals surface area contributed by atoms with Gasteiger partial charge in [0, 0.05) is 32.6 Å². The maximum absolute atomic E-state index is 14.0. The number of carbonyl (C=O) groups is 8. The van der Waals surface area contributed by atoms with Crippen molar-refractivity contribution < 1.29 is 100 Å². The van der Waals surface area contributed by atoms with Crippen LogP contribution in [0.1, 0.15) is 44.1 Å². The highest BCUT2D eigenvalue weighted by Gasteiger charge is 2.33. The zero-order valence-electron chi connectivity index (χ0n) is 49.9. The van der Waals surface area contributed by atoms with Gasteiger partial charge in [0.15, 0.2) is 5.96 Å². The lowest BCUT2D eigenvalue weighted by Gasteiger charge is -2.26. The van der Waals surface area contributed by atoms with E-state index in [4.69, 9.17) is 74.0 Å². The zero-order chi connectivity index (χ0) is 63.2. The number of hydrogen-bond acceptors (Lipinski definition) is 22. The number of nitrogens with two attached hydrogens (primary N) is 3. The molecule has 1 saturated heterocycles. The van der Waals surface area contributed by atoms with E-state index < -0.39 is 72.6 Å². The second kappa shape index (κ2) is 52.8. The topological polar surface area (TPSA) is 442 Å². The van der Waals surface area contributed by atoms with E-state index in [9.17, 15) is 43.5 Å². The molecule has 0 unspecified atom stereocenters. The second-order valence-electron chi connectivity index (χ2n) is 19.0.